The van der Waals surface area contributed by atoms with Crippen molar-refractivity contribution in [2.24, 2.45) is 5.73 Å². The van der Waals surface area contributed by atoms with E-state index in [1.165, 1.54) is 6.26 Å². The number of hydrogen-bond acceptors (Lipinski definition) is 5. The van der Waals surface area contributed by atoms with Crippen LogP contribution in [0, 0.1) is 0 Å². The fraction of sp³-hybridized carbons (Fsp3) is 0.500. The summed E-state index contributed by atoms with van der Waals surface area (Å²) in [5.74, 6) is 0.305. The van der Waals surface area contributed by atoms with E-state index < -0.39 is 6.03 Å². The van der Waals surface area contributed by atoms with E-state index in [0.717, 1.165) is 13.0 Å². The molecule has 3 amide bonds. The molecule has 19 heavy (non-hydrogen) atoms. The summed E-state index contributed by atoms with van der Waals surface area (Å²) in [7, 11) is 0. The molecule has 0 aliphatic carbocycles. The van der Waals surface area contributed by atoms with Crippen molar-refractivity contribution in [2.45, 2.75) is 19.0 Å². The molecule has 1 aliphatic heterocycles. The van der Waals surface area contributed by atoms with E-state index in [2.05, 4.69) is 10.6 Å². The maximum Gasteiger partial charge on any atom is 0.321 e. The third-order valence-corrected chi connectivity index (χ3v) is 2.93. The third kappa shape index (κ3) is 4.38. The second-order valence-corrected chi connectivity index (χ2v) is 4.59. The van der Waals surface area contributed by atoms with E-state index in [4.69, 9.17) is 10.2 Å². The summed E-state index contributed by atoms with van der Waals surface area (Å²) >= 11 is 0. The zero-order valence-corrected chi connectivity index (χ0v) is 10.6. The Kier molecular flexibility index (Phi) is 4.53. The Balaban J connectivity index is 1.65. The van der Waals surface area contributed by atoms with Crippen LogP contribution in [0.2, 0.25) is 0 Å². The van der Waals surface area contributed by atoms with E-state index in [1.807, 2.05) is 4.90 Å². The predicted octanol–water partition coefficient (Wildman–Crippen LogP) is -0.362. The maximum atomic E-state index is 11.6. The van der Waals surface area contributed by atoms with Crippen molar-refractivity contribution in [1.82, 2.24) is 15.5 Å². The SMILES string of the molecule is N[C@H]1CCN(CC(=O)NC(=O)NCc2ccco2)C1. The van der Waals surface area contributed by atoms with Crippen LogP contribution >= 0.6 is 0 Å². The summed E-state index contributed by atoms with van der Waals surface area (Å²) in [5.41, 5.74) is 5.74. The number of urea groups is 1. The Bertz CT molecular complexity index is 432. The lowest BCUT2D eigenvalue weighted by Gasteiger charge is -2.14. The zero-order valence-electron chi connectivity index (χ0n) is 10.6. The highest BCUT2D eigenvalue weighted by Gasteiger charge is 2.21. The van der Waals surface area contributed by atoms with E-state index in [-0.39, 0.29) is 25.0 Å². The molecule has 0 saturated carbocycles. The van der Waals surface area contributed by atoms with Gasteiger partial charge in [0.1, 0.15) is 5.76 Å². The Labute approximate surface area is 111 Å². The standard InChI is InChI=1S/C12H18N4O3/c13-9-3-4-16(7-9)8-11(17)15-12(18)14-6-10-2-1-5-19-10/h1-2,5,9H,3-4,6-8,13H2,(H2,14,15,17,18)/t9-/m0/s1. The molecule has 2 rings (SSSR count). The molecule has 1 aliphatic rings. The molecule has 1 atom stereocenters. The lowest BCUT2D eigenvalue weighted by Crippen LogP contribution is -2.44. The minimum atomic E-state index is -0.523. The first-order chi connectivity index (χ1) is 9.13. The topological polar surface area (TPSA) is 101 Å². The number of amides is 3. The Morgan fingerprint density at radius 2 is 2.37 bits per heavy atom. The van der Waals surface area contributed by atoms with Crippen molar-refractivity contribution in [3.8, 4) is 0 Å². The minimum Gasteiger partial charge on any atom is -0.467 e. The fourth-order valence-electron chi connectivity index (χ4n) is 2.00. The molecule has 4 N–H and O–H groups in total. The van der Waals surface area contributed by atoms with Crippen molar-refractivity contribution < 1.29 is 14.0 Å². The normalized spacial score (nSPS) is 19.3. The van der Waals surface area contributed by atoms with Crippen LogP contribution in [0.1, 0.15) is 12.2 Å². The van der Waals surface area contributed by atoms with Gasteiger partial charge in [-0.1, -0.05) is 0 Å². The van der Waals surface area contributed by atoms with Gasteiger partial charge in [-0.25, -0.2) is 4.79 Å². The quantitative estimate of drug-likeness (QED) is 0.691. The van der Waals surface area contributed by atoms with Gasteiger partial charge >= 0.3 is 6.03 Å². The number of rotatable bonds is 4. The van der Waals surface area contributed by atoms with Crippen molar-refractivity contribution >= 4 is 11.9 Å². The second-order valence-electron chi connectivity index (χ2n) is 4.59. The Morgan fingerprint density at radius 1 is 1.53 bits per heavy atom. The summed E-state index contributed by atoms with van der Waals surface area (Å²) in [6.07, 6.45) is 2.41. The lowest BCUT2D eigenvalue weighted by atomic mass is 10.3. The molecule has 0 bridgehead atoms. The third-order valence-electron chi connectivity index (χ3n) is 2.93. The van der Waals surface area contributed by atoms with Crippen LogP contribution < -0.4 is 16.4 Å². The molecule has 0 unspecified atom stereocenters. The number of hydrogen-bond donors (Lipinski definition) is 3. The molecule has 0 radical (unpaired) electrons. The highest BCUT2D eigenvalue weighted by atomic mass is 16.3. The molecule has 1 fully saturated rings. The molecule has 104 valence electrons. The van der Waals surface area contributed by atoms with Crippen LogP contribution in [0.3, 0.4) is 0 Å². The van der Waals surface area contributed by atoms with Gasteiger partial charge in [-0.3, -0.25) is 15.0 Å². The first-order valence-electron chi connectivity index (χ1n) is 6.21. The summed E-state index contributed by atoms with van der Waals surface area (Å²) in [6, 6.07) is 3.08. The monoisotopic (exact) mass is 266 g/mol. The number of carbonyl (C=O) groups excluding carboxylic acids is 2. The first kappa shape index (κ1) is 13.6. The summed E-state index contributed by atoms with van der Waals surface area (Å²) in [4.78, 5) is 25.0. The molecule has 1 aromatic rings. The van der Waals surface area contributed by atoms with Gasteiger partial charge < -0.3 is 15.5 Å². The van der Waals surface area contributed by atoms with Crippen molar-refractivity contribution in [3.63, 3.8) is 0 Å². The molecular formula is C12H18N4O3. The number of furan rings is 1. The maximum absolute atomic E-state index is 11.6. The summed E-state index contributed by atoms with van der Waals surface area (Å²) < 4.78 is 5.06. The van der Waals surface area contributed by atoms with E-state index in [0.29, 0.717) is 12.3 Å². The second kappa shape index (κ2) is 6.35. The number of nitrogens with zero attached hydrogens (tertiary/aromatic N) is 1. The first-order valence-corrected chi connectivity index (χ1v) is 6.21. The average Bonchev–Trinajstić information content (AvgIpc) is 2.98. The van der Waals surface area contributed by atoms with Gasteiger partial charge in [0, 0.05) is 19.1 Å². The van der Waals surface area contributed by atoms with Crippen LogP contribution in [0.4, 0.5) is 4.79 Å². The number of imide groups is 1. The molecule has 0 spiro atoms. The number of likely N-dealkylation sites (tertiary alicyclic amines) is 1. The van der Waals surface area contributed by atoms with Crippen molar-refractivity contribution in [3.05, 3.63) is 24.2 Å². The molecule has 1 aromatic heterocycles. The number of nitrogens with two attached hydrogens (primary N) is 1. The van der Waals surface area contributed by atoms with Crippen LogP contribution in [-0.2, 0) is 11.3 Å². The van der Waals surface area contributed by atoms with E-state index in [9.17, 15) is 9.59 Å². The number of nitrogens with one attached hydrogen (secondary N) is 2. The zero-order chi connectivity index (χ0) is 13.7. The highest BCUT2D eigenvalue weighted by molar-refractivity contribution is 5.95. The number of carbonyl (C=O) groups is 2. The van der Waals surface area contributed by atoms with E-state index in [1.54, 1.807) is 12.1 Å². The Morgan fingerprint density at radius 3 is 3.00 bits per heavy atom. The molecule has 2 heterocycles. The van der Waals surface area contributed by atoms with Crippen molar-refractivity contribution in [2.75, 3.05) is 19.6 Å². The minimum absolute atomic E-state index is 0.126. The smallest absolute Gasteiger partial charge is 0.321 e. The van der Waals surface area contributed by atoms with Gasteiger partial charge in [-0.2, -0.15) is 0 Å². The highest BCUT2D eigenvalue weighted by Crippen LogP contribution is 2.05. The van der Waals surface area contributed by atoms with Gasteiger partial charge in [0.25, 0.3) is 0 Å². The van der Waals surface area contributed by atoms with Gasteiger partial charge in [-0.05, 0) is 18.6 Å². The molecule has 1 saturated heterocycles. The van der Waals surface area contributed by atoms with Crippen LogP contribution in [0.5, 0.6) is 0 Å². The van der Waals surface area contributed by atoms with Gasteiger partial charge in [-0.15, -0.1) is 0 Å². The average molecular weight is 266 g/mol. The van der Waals surface area contributed by atoms with Crippen molar-refractivity contribution in [1.29, 1.82) is 0 Å². The molecular weight excluding hydrogens is 248 g/mol. The predicted molar refractivity (Wildman–Crippen MR) is 68.1 cm³/mol. The Hall–Kier alpha value is -1.86. The fourth-order valence-corrected chi connectivity index (χ4v) is 2.00. The van der Waals surface area contributed by atoms with Crippen LogP contribution in [-0.4, -0.2) is 42.5 Å². The van der Waals surface area contributed by atoms with Crippen LogP contribution in [0.15, 0.2) is 22.8 Å². The molecule has 7 nitrogen and oxygen atoms in total. The lowest BCUT2D eigenvalue weighted by molar-refractivity contribution is -0.120. The van der Waals surface area contributed by atoms with Gasteiger partial charge in [0.2, 0.25) is 5.91 Å². The largest absolute Gasteiger partial charge is 0.467 e. The molecule has 7 heteroatoms. The molecule has 0 aromatic carbocycles. The summed E-state index contributed by atoms with van der Waals surface area (Å²) in [6.45, 7) is 1.94. The summed E-state index contributed by atoms with van der Waals surface area (Å²) in [5, 5.41) is 4.81. The van der Waals surface area contributed by atoms with Crippen LogP contribution in [0.25, 0.3) is 0 Å². The van der Waals surface area contributed by atoms with Gasteiger partial charge in [0.15, 0.2) is 0 Å². The van der Waals surface area contributed by atoms with E-state index >= 15 is 0 Å². The van der Waals surface area contributed by atoms with Gasteiger partial charge in [0.05, 0.1) is 19.4 Å².